The number of H-pyrrole nitrogens is 1. The summed E-state index contributed by atoms with van der Waals surface area (Å²) in [6.45, 7) is 0. The van der Waals surface area contributed by atoms with Crippen molar-refractivity contribution in [2.75, 3.05) is 0 Å². The lowest BCUT2D eigenvalue weighted by molar-refractivity contribution is 0.483. The minimum atomic E-state index is 0.378. The molecule has 0 radical (unpaired) electrons. The average Bonchev–Trinajstić information content (AvgIpc) is 3.02. The van der Waals surface area contributed by atoms with Crippen LogP contribution in [0, 0.1) is 0 Å². The van der Waals surface area contributed by atoms with Crippen LogP contribution in [0.5, 0.6) is 11.5 Å². The summed E-state index contributed by atoms with van der Waals surface area (Å²) in [4.78, 5) is 8.13. The Kier molecular flexibility index (Phi) is 3.40. The van der Waals surface area contributed by atoms with E-state index in [1.54, 1.807) is 0 Å². The lowest BCUT2D eigenvalue weighted by atomic mass is 10.1. The molecule has 0 atom stereocenters. The monoisotopic (exact) mass is 322 g/mol. The van der Waals surface area contributed by atoms with Gasteiger partial charge in [0.15, 0.2) is 5.65 Å². The van der Waals surface area contributed by atoms with E-state index in [-0.39, 0.29) is 0 Å². The van der Waals surface area contributed by atoms with Crippen molar-refractivity contribution in [3.8, 4) is 22.8 Å². The maximum Gasteiger partial charge on any atom is 0.160 e. The van der Waals surface area contributed by atoms with E-state index >= 15 is 0 Å². The fourth-order valence-corrected chi connectivity index (χ4v) is 2.56. The molecule has 0 bridgehead atoms. The topological polar surface area (TPSA) is 63.7 Å². The van der Waals surface area contributed by atoms with Gasteiger partial charge in [-0.1, -0.05) is 29.8 Å². The number of hydrogen-bond acceptors (Lipinski definition) is 4. The highest BCUT2D eigenvalue weighted by molar-refractivity contribution is 6.34. The molecule has 2 aromatic heterocycles. The molecular weight excluding hydrogens is 312 g/mol. The van der Waals surface area contributed by atoms with Gasteiger partial charge in [-0.05, 0) is 36.4 Å². The zero-order valence-corrected chi connectivity index (χ0v) is 12.7. The summed E-state index contributed by atoms with van der Waals surface area (Å²) in [5, 5.41) is 8.24. The number of aromatic nitrogens is 4. The molecule has 0 aliphatic rings. The van der Waals surface area contributed by atoms with Crippen molar-refractivity contribution in [3.05, 3.63) is 66.1 Å². The Morgan fingerprint density at radius 3 is 2.39 bits per heavy atom. The Hall–Kier alpha value is -2.92. The first-order valence-electron chi connectivity index (χ1n) is 6.99. The van der Waals surface area contributed by atoms with Crippen molar-refractivity contribution in [3.63, 3.8) is 0 Å². The van der Waals surface area contributed by atoms with Gasteiger partial charge in [-0.3, -0.25) is 5.10 Å². The van der Waals surface area contributed by atoms with E-state index in [9.17, 15) is 0 Å². The van der Waals surface area contributed by atoms with Crippen LogP contribution in [0.4, 0.5) is 0 Å². The van der Waals surface area contributed by atoms with Gasteiger partial charge in [0, 0.05) is 5.56 Å². The first-order valence-corrected chi connectivity index (χ1v) is 7.37. The highest BCUT2D eigenvalue weighted by Gasteiger charge is 2.13. The summed E-state index contributed by atoms with van der Waals surface area (Å²) in [6.07, 6.45) is 1.41. The summed E-state index contributed by atoms with van der Waals surface area (Å²) in [5.74, 6) is 1.55. The highest BCUT2D eigenvalue weighted by atomic mass is 35.5. The van der Waals surface area contributed by atoms with Crippen LogP contribution in [0.15, 0.2) is 60.9 Å². The fourth-order valence-electron chi connectivity index (χ4n) is 2.34. The molecule has 0 spiro atoms. The predicted octanol–water partition coefficient (Wildman–Crippen LogP) is 4.47. The summed E-state index contributed by atoms with van der Waals surface area (Å²) in [6, 6.07) is 17.3. The minimum absolute atomic E-state index is 0.378. The molecule has 1 N–H and O–H groups in total. The van der Waals surface area contributed by atoms with E-state index in [1.165, 1.54) is 6.33 Å². The van der Waals surface area contributed by atoms with E-state index in [1.807, 2.05) is 54.6 Å². The van der Waals surface area contributed by atoms with Gasteiger partial charge in [-0.2, -0.15) is 5.10 Å². The quantitative estimate of drug-likeness (QED) is 0.565. The van der Waals surface area contributed by atoms with Crippen molar-refractivity contribution in [1.82, 2.24) is 20.2 Å². The number of halogens is 1. The molecule has 6 heteroatoms. The minimum Gasteiger partial charge on any atom is -0.457 e. The second kappa shape index (κ2) is 5.70. The maximum atomic E-state index is 6.16. The van der Waals surface area contributed by atoms with Crippen LogP contribution >= 0.6 is 11.6 Å². The third kappa shape index (κ3) is 2.62. The number of hydrogen-bond donors (Lipinski definition) is 1. The Balaban J connectivity index is 1.67. The molecule has 0 aliphatic carbocycles. The first kappa shape index (κ1) is 13.7. The molecule has 4 aromatic rings. The van der Waals surface area contributed by atoms with Gasteiger partial charge in [-0.15, -0.1) is 0 Å². The Labute approximate surface area is 136 Å². The number of benzene rings is 2. The zero-order valence-electron chi connectivity index (χ0n) is 11.9. The van der Waals surface area contributed by atoms with E-state index in [4.69, 9.17) is 16.3 Å². The summed E-state index contributed by atoms with van der Waals surface area (Å²) >= 11 is 6.16. The van der Waals surface area contributed by atoms with Gasteiger partial charge < -0.3 is 4.74 Å². The molecule has 0 aliphatic heterocycles. The molecule has 2 aromatic carbocycles. The number of rotatable bonds is 3. The van der Waals surface area contributed by atoms with Gasteiger partial charge in [0.25, 0.3) is 0 Å². The fraction of sp³-hybridized carbons (Fsp3) is 0. The number of ether oxygens (including phenoxy) is 1. The normalized spacial score (nSPS) is 10.8. The van der Waals surface area contributed by atoms with E-state index in [0.717, 1.165) is 22.8 Å². The molecule has 112 valence electrons. The van der Waals surface area contributed by atoms with Crippen LogP contribution in [-0.4, -0.2) is 20.2 Å². The van der Waals surface area contributed by atoms with Crippen molar-refractivity contribution in [1.29, 1.82) is 0 Å². The number of nitrogens with one attached hydrogen (secondary N) is 1. The van der Waals surface area contributed by atoms with Gasteiger partial charge >= 0.3 is 0 Å². The Morgan fingerprint density at radius 2 is 1.61 bits per heavy atom. The molecule has 23 heavy (non-hydrogen) atoms. The van der Waals surface area contributed by atoms with Crippen LogP contribution in [0.1, 0.15) is 0 Å². The third-order valence-corrected chi connectivity index (χ3v) is 3.70. The van der Waals surface area contributed by atoms with Crippen molar-refractivity contribution >= 4 is 22.6 Å². The van der Waals surface area contributed by atoms with E-state index in [0.29, 0.717) is 16.2 Å². The second-order valence-corrected chi connectivity index (χ2v) is 5.26. The van der Waals surface area contributed by atoms with Gasteiger partial charge in [0.1, 0.15) is 28.7 Å². The lowest BCUT2D eigenvalue weighted by Gasteiger charge is -2.06. The van der Waals surface area contributed by atoms with Gasteiger partial charge in [0.2, 0.25) is 0 Å². The Morgan fingerprint density at radius 1 is 0.870 bits per heavy atom. The molecule has 0 amide bonds. The summed E-state index contributed by atoms with van der Waals surface area (Å²) in [5.41, 5.74) is 2.25. The molecule has 0 unspecified atom stereocenters. The van der Waals surface area contributed by atoms with Gasteiger partial charge in [-0.25, -0.2) is 9.97 Å². The molecule has 5 nitrogen and oxygen atoms in total. The molecular formula is C17H11ClN4O. The predicted molar refractivity (Wildman–Crippen MR) is 88.6 cm³/mol. The zero-order chi connectivity index (χ0) is 15.6. The molecule has 0 saturated heterocycles. The molecule has 2 heterocycles. The largest absolute Gasteiger partial charge is 0.457 e. The van der Waals surface area contributed by atoms with Crippen molar-refractivity contribution < 1.29 is 4.74 Å². The number of fused-ring (bicyclic) bond motifs is 1. The van der Waals surface area contributed by atoms with Crippen LogP contribution in [0.3, 0.4) is 0 Å². The Bertz CT molecular complexity index is 951. The summed E-state index contributed by atoms with van der Waals surface area (Å²) < 4.78 is 5.78. The molecule has 4 rings (SSSR count). The highest BCUT2D eigenvalue weighted by Crippen LogP contribution is 2.31. The molecule has 0 fully saturated rings. The second-order valence-electron chi connectivity index (χ2n) is 4.90. The first-order chi connectivity index (χ1) is 11.3. The lowest BCUT2D eigenvalue weighted by Crippen LogP contribution is -1.85. The van der Waals surface area contributed by atoms with Crippen molar-refractivity contribution in [2.24, 2.45) is 0 Å². The van der Waals surface area contributed by atoms with Crippen LogP contribution in [0.2, 0.25) is 5.15 Å². The van der Waals surface area contributed by atoms with Crippen LogP contribution < -0.4 is 4.74 Å². The smallest absolute Gasteiger partial charge is 0.160 e. The van der Waals surface area contributed by atoms with Crippen LogP contribution in [0.25, 0.3) is 22.3 Å². The number of aromatic amines is 1. The van der Waals surface area contributed by atoms with E-state index in [2.05, 4.69) is 20.2 Å². The average molecular weight is 323 g/mol. The number of para-hydroxylation sites is 1. The SMILES string of the molecule is Clc1ncnc2[nH]nc(-c3ccc(Oc4ccccc4)cc3)c12. The van der Waals surface area contributed by atoms with Crippen molar-refractivity contribution in [2.45, 2.75) is 0 Å². The number of nitrogens with zero attached hydrogens (tertiary/aromatic N) is 3. The third-order valence-electron chi connectivity index (χ3n) is 3.42. The van der Waals surface area contributed by atoms with E-state index < -0.39 is 0 Å². The standard InChI is InChI=1S/C17H11ClN4O/c18-16-14-15(21-22-17(14)20-10-19-16)11-6-8-13(9-7-11)23-12-4-2-1-3-5-12/h1-10H,(H,19,20,21,22). The van der Waals surface area contributed by atoms with Crippen LogP contribution in [-0.2, 0) is 0 Å². The molecule has 0 saturated carbocycles. The van der Waals surface area contributed by atoms with Gasteiger partial charge in [0.05, 0.1) is 5.39 Å². The maximum absolute atomic E-state index is 6.16. The summed E-state index contributed by atoms with van der Waals surface area (Å²) in [7, 11) is 0.